The van der Waals surface area contributed by atoms with E-state index in [1.807, 2.05) is 25.1 Å². The van der Waals surface area contributed by atoms with Gasteiger partial charge in [0.15, 0.2) is 0 Å². The maximum absolute atomic E-state index is 12.6. The molecule has 2 N–H and O–H groups in total. The second kappa shape index (κ2) is 6.55. The van der Waals surface area contributed by atoms with Crippen LogP contribution in [-0.2, 0) is 11.3 Å². The molecule has 1 aromatic heterocycles. The van der Waals surface area contributed by atoms with E-state index in [2.05, 4.69) is 10.00 Å². The summed E-state index contributed by atoms with van der Waals surface area (Å²) in [4.78, 5) is 28.6. The van der Waals surface area contributed by atoms with Gasteiger partial charge >= 0.3 is 0 Å². The summed E-state index contributed by atoms with van der Waals surface area (Å²) >= 11 is 0. The summed E-state index contributed by atoms with van der Waals surface area (Å²) in [7, 11) is 1.98. The molecule has 7 nitrogen and oxygen atoms in total. The standard InChI is InChI=1S/C17H27N5O2/c1-3-22-10-5-13(19-22)16(24)21-11-7-17(8-12-21)6-4-9-20(2)14(17)15(18)23/h5,10,14H,3-4,6-9,11-12H2,1-2H3,(H2,18,23). The average molecular weight is 333 g/mol. The molecule has 1 unspecified atom stereocenters. The highest BCUT2D eigenvalue weighted by atomic mass is 16.2. The van der Waals surface area contributed by atoms with Gasteiger partial charge in [-0.1, -0.05) is 0 Å². The van der Waals surface area contributed by atoms with E-state index in [9.17, 15) is 9.59 Å². The topological polar surface area (TPSA) is 84.5 Å². The smallest absolute Gasteiger partial charge is 0.274 e. The second-order valence-corrected chi connectivity index (χ2v) is 7.10. The third-order valence-electron chi connectivity index (χ3n) is 5.71. The molecule has 3 rings (SSSR count). The van der Waals surface area contributed by atoms with Gasteiger partial charge in [-0.05, 0) is 57.7 Å². The van der Waals surface area contributed by atoms with Crippen molar-refractivity contribution in [2.75, 3.05) is 26.7 Å². The summed E-state index contributed by atoms with van der Waals surface area (Å²) in [5.74, 6) is -0.254. The van der Waals surface area contributed by atoms with Crippen LogP contribution in [0.5, 0.6) is 0 Å². The lowest BCUT2D eigenvalue weighted by atomic mass is 9.66. The number of nitrogens with zero attached hydrogens (tertiary/aromatic N) is 4. The summed E-state index contributed by atoms with van der Waals surface area (Å²) in [6, 6.07) is 1.55. The van der Waals surface area contributed by atoms with Gasteiger partial charge in [-0.3, -0.25) is 19.2 Å². The van der Waals surface area contributed by atoms with Crippen molar-refractivity contribution < 1.29 is 9.59 Å². The van der Waals surface area contributed by atoms with Crippen LogP contribution in [0.2, 0.25) is 0 Å². The van der Waals surface area contributed by atoms with Crippen LogP contribution in [0, 0.1) is 5.41 Å². The Bertz CT molecular complexity index is 618. The molecule has 2 aliphatic heterocycles. The lowest BCUT2D eigenvalue weighted by molar-refractivity contribution is -0.132. The molecule has 2 amide bonds. The fourth-order valence-electron chi connectivity index (χ4n) is 4.43. The minimum absolute atomic E-state index is 0.0168. The first-order chi connectivity index (χ1) is 11.5. The Morgan fingerprint density at radius 3 is 2.58 bits per heavy atom. The highest BCUT2D eigenvalue weighted by Crippen LogP contribution is 2.44. The molecule has 132 valence electrons. The molecular weight excluding hydrogens is 306 g/mol. The summed E-state index contributed by atoms with van der Waals surface area (Å²) in [5, 5.41) is 4.31. The molecule has 2 fully saturated rings. The van der Waals surface area contributed by atoms with Crippen LogP contribution in [0.4, 0.5) is 0 Å². The van der Waals surface area contributed by atoms with Crippen molar-refractivity contribution in [2.45, 2.75) is 45.2 Å². The van der Waals surface area contributed by atoms with Crippen molar-refractivity contribution in [1.82, 2.24) is 19.6 Å². The Labute approximate surface area is 142 Å². The minimum Gasteiger partial charge on any atom is -0.368 e. The van der Waals surface area contributed by atoms with Crippen molar-refractivity contribution >= 4 is 11.8 Å². The van der Waals surface area contributed by atoms with Crippen LogP contribution in [-0.4, -0.2) is 64.1 Å². The number of nitrogens with two attached hydrogens (primary N) is 1. The van der Waals surface area contributed by atoms with Crippen molar-refractivity contribution in [1.29, 1.82) is 0 Å². The van der Waals surface area contributed by atoms with Gasteiger partial charge in [-0.2, -0.15) is 5.10 Å². The SMILES string of the molecule is CCn1ccc(C(=O)N2CCC3(CCCN(C)C3C(N)=O)CC2)n1. The van der Waals surface area contributed by atoms with E-state index in [1.165, 1.54) is 0 Å². The van der Waals surface area contributed by atoms with Crippen molar-refractivity contribution in [2.24, 2.45) is 11.1 Å². The van der Waals surface area contributed by atoms with Gasteiger partial charge in [0.2, 0.25) is 5.91 Å². The predicted octanol–water partition coefficient (Wildman–Crippen LogP) is 0.705. The van der Waals surface area contributed by atoms with E-state index in [1.54, 1.807) is 10.7 Å². The molecule has 2 aliphatic rings. The lowest BCUT2D eigenvalue weighted by Crippen LogP contribution is -2.60. The zero-order chi connectivity index (χ0) is 17.3. The van der Waals surface area contributed by atoms with Crippen molar-refractivity contribution in [3.63, 3.8) is 0 Å². The maximum Gasteiger partial charge on any atom is 0.274 e. The Morgan fingerprint density at radius 1 is 1.29 bits per heavy atom. The van der Waals surface area contributed by atoms with Crippen LogP contribution in [0.3, 0.4) is 0 Å². The van der Waals surface area contributed by atoms with Gasteiger partial charge in [-0.15, -0.1) is 0 Å². The van der Waals surface area contributed by atoms with Crippen LogP contribution in [0.25, 0.3) is 0 Å². The van der Waals surface area contributed by atoms with E-state index in [-0.39, 0.29) is 23.3 Å². The summed E-state index contributed by atoms with van der Waals surface area (Å²) in [6.07, 6.45) is 5.57. The number of rotatable bonds is 3. The Hall–Kier alpha value is -1.89. The molecule has 0 radical (unpaired) electrons. The molecule has 1 aromatic rings. The van der Waals surface area contributed by atoms with Gasteiger partial charge in [0.25, 0.3) is 5.91 Å². The summed E-state index contributed by atoms with van der Waals surface area (Å²) < 4.78 is 1.76. The number of piperidine rings is 2. The number of aromatic nitrogens is 2. The number of aryl methyl sites for hydroxylation is 1. The van der Waals surface area contributed by atoms with E-state index >= 15 is 0 Å². The second-order valence-electron chi connectivity index (χ2n) is 7.10. The first-order valence-corrected chi connectivity index (χ1v) is 8.79. The molecule has 2 saturated heterocycles. The Kier molecular flexibility index (Phi) is 4.62. The molecule has 1 spiro atoms. The van der Waals surface area contributed by atoms with Crippen LogP contribution in [0.1, 0.15) is 43.1 Å². The first kappa shape index (κ1) is 17.0. The molecule has 7 heteroatoms. The van der Waals surface area contributed by atoms with E-state index < -0.39 is 0 Å². The molecule has 0 aromatic carbocycles. The van der Waals surface area contributed by atoms with Gasteiger partial charge in [0.05, 0.1) is 6.04 Å². The van der Waals surface area contributed by atoms with Gasteiger partial charge in [0, 0.05) is 25.8 Å². The quantitative estimate of drug-likeness (QED) is 0.883. The normalized spacial score (nSPS) is 24.2. The third-order valence-corrected chi connectivity index (χ3v) is 5.71. The first-order valence-electron chi connectivity index (χ1n) is 8.79. The number of carbonyl (C=O) groups excluding carboxylic acids is 2. The zero-order valence-corrected chi connectivity index (χ0v) is 14.6. The van der Waals surface area contributed by atoms with Crippen molar-refractivity contribution in [3.8, 4) is 0 Å². The molecule has 0 saturated carbocycles. The number of hydrogen-bond donors (Lipinski definition) is 1. The zero-order valence-electron chi connectivity index (χ0n) is 14.6. The Balaban J connectivity index is 1.70. The molecule has 3 heterocycles. The van der Waals surface area contributed by atoms with Crippen LogP contribution >= 0.6 is 0 Å². The number of carbonyl (C=O) groups is 2. The number of likely N-dealkylation sites (N-methyl/N-ethyl adjacent to an activating group) is 1. The van der Waals surface area contributed by atoms with Gasteiger partial charge in [-0.25, -0.2) is 0 Å². The lowest BCUT2D eigenvalue weighted by Gasteiger charge is -2.51. The third kappa shape index (κ3) is 2.92. The fraction of sp³-hybridized carbons (Fsp3) is 0.706. The average Bonchev–Trinajstić information content (AvgIpc) is 3.03. The molecular formula is C17H27N5O2. The van der Waals surface area contributed by atoms with E-state index in [0.29, 0.717) is 18.8 Å². The number of amides is 2. The minimum atomic E-state index is -0.237. The largest absolute Gasteiger partial charge is 0.368 e. The fourth-order valence-corrected chi connectivity index (χ4v) is 4.43. The van der Waals surface area contributed by atoms with Crippen LogP contribution in [0.15, 0.2) is 12.3 Å². The van der Waals surface area contributed by atoms with Crippen molar-refractivity contribution in [3.05, 3.63) is 18.0 Å². The van der Waals surface area contributed by atoms with E-state index in [4.69, 9.17) is 5.73 Å². The monoisotopic (exact) mass is 333 g/mol. The molecule has 0 bridgehead atoms. The predicted molar refractivity (Wildman–Crippen MR) is 90.3 cm³/mol. The molecule has 1 atom stereocenters. The van der Waals surface area contributed by atoms with Gasteiger partial charge in [0.1, 0.15) is 5.69 Å². The number of primary amides is 1. The molecule has 0 aliphatic carbocycles. The Morgan fingerprint density at radius 2 is 2.00 bits per heavy atom. The highest BCUT2D eigenvalue weighted by molar-refractivity contribution is 5.92. The molecule has 24 heavy (non-hydrogen) atoms. The highest BCUT2D eigenvalue weighted by Gasteiger charge is 2.48. The van der Waals surface area contributed by atoms with E-state index in [0.717, 1.165) is 38.8 Å². The van der Waals surface area contributed by atoms with Crippen LogP contribution < -0.4 is 5.73 Å². The van der Waals surface area contributed by atoms with Gasteiger partial charge < -0.3 is 10.6 Å². The number of hydrogen-bond acceptors (Lipinski definition) is 4. The summed E-state index contributed by atoms with van der Waals surface area (Å²) in [5.41, 5.74) is 6.11. The number of likely N-dealkylation sites (tertiary alicyclic amines) is 2. The summed E-state index contributed by atoms with van der Waals surface area (Å²) in [6.45, 7) is 4.98. The maximum atomic E-state index is 12.6.